The van der Waals surface area contributed by atoms with Gasteiger partial charge >= 0.3 is 6.09 Å². The minimum absolute atomic E-state index is 0.195. The summed E-state index contributed by atoms with van der Waals surface area (Å²) in [5.41, 5.74) is 3.78. The van der Waals surface area contributed by atoms with Gasteiger partial charge < -0.3 is 25.4 Å². The van der Waals surface area contributed by atoms with Crippen molar-refractivity contribution in [1.29, 1.82) is 0 Å². The third kappa shape index (κ3) is 4.35. The van der Waals surface area contributed by atoms with Crippen LogP contribution in [0.1, 0.15) is 34.6 Å². The number of rotatable bonds is 5. The molecule has 2 heterocycles. The van der Waals surface area contributed by atoms with E-state index in [0.29, 0.717) is 25.6 Å². The van der Waals surface area contributed by atoms with Crippen LogP contribution in [0.5, 0.6) is 0 Å². The Hall–Kier alpha value is -1.87. The van der Waals surface area contributed by atoms with Gasteiger partial charge in [-0.2, -0.15) is 0 Å². The van der Waals surface area contributed by atoms with Crippen molar-refractivity contribution in [2.24, 2.45) is 11.7 Å². The smallest absolute Gasteiger partial charge is 0.410 e. The minimum atomic E-state index is -1.04. The maximum Gasteiger partial charge on any atom is 0.410 e. The molecule has 0 aromatic heterocycles. The molecule has 0 aromatic rings. The Morgan fingerprint density at radius 3 is 2.33 bits per heavy atom. The molecule has 0 bridgehead atoms. The van der Waals surface area contributed by atoms with Crippen LogP contribution in [0.25, 0.3) is 0 Å². The second kappa shape index (κ2) is 7.63. The summed E-state index contributed by atoms with van der Waals surface area (Å²) in [7, 11) is 0. The van der Waals surface area contributed by atoms with Crippen LogP contribution in [0.4, 0.5) is 4.79 Å². The predicted molar refractivity (Wildman–Crippen MR) is 98.7 cm³/mol. The van der Waals surface area contributed by atoms with Gasteiger partial charge in [-0.25, -0.2) is 4.79 Å². The number of ether oxygens (including phenoxy) is 1. The molecule has 2 rings (SSSR count). The van der Waals surface area contributed by atoms with Gasteiger partial charge in [0.25, 0.3) is 0 Å². The lowest BCUT2D eigenvalue weighted by Gasteiger charge is -2.59. The molecule has 3 N–H and O–H groups in total. The van der Waals surface area contributed by atoms with Gasteiger partial charge in [0.15, 0.2) is 0 Å². The Balaban J connectivity index is 2.21. The lowest BCUT2D eigenvalue weighted by Crippen LogP contribution is -2.82. The van der Waals surface area contributed by atoms with Crippen LogP contribution in [0.15, 0.2) is 0 Å². The summed E-state index contributed by atoms with van der Waals surface area (Å²) in [6, 6.07) is -1.04. The molecule has 2 saturated heterocycles. The zero-order chi connectivity index (χ0) is 20.6. The van der Waals surface area contributed by atoms with Gasteiger partial charge in [-0.15, -0.1) is 0 Å². The van der Waals surface area contributed by atoms with Crippen molar-refractivity contribution >= 4 is 17.9 Å². The minimum Gasteiger partial charge on any atom is -0.444 e. The van der Waals surface area contributed by atoms with E-state index in [1.54, 1.807) is 25.7 Å². The highest BCUT2D eigenvalue weighted by Gasteiger charge is 2.61. The van der Waals surface area contributed by atoms with Gasteiger partial charge in [-0.1, -0.05) is 13.8 Å². The number of primary amides is 1. The number of hydrogen-bond donors (Lipinski definition) is 2. The Labute approximate surface area is 160 Å². The van der Waals surface area contributed by atoms with Gasteiger partial charge in [-0.05, 0) is 26.7 Å². The van der Waals surface area contributed by atoms with Crippen molar-refractivity contribution in [1.82, 2.24) is 14.7 Å². The Kier molecular flexibility index (Phi) is 6.06. The average molecular weight is 384 g/mol. The quantitative estimate of drug-likeness (QED) is 0.624. The summed E-state index contributed by atoms with van der Waals surface area (Å²) < 4.78 is 5.45. The molecule has 27 heavy (non-hydrogen) atoms. The third-order valence-corrected chi connectivity index (χ3v) is 4.90. The lowest BCUT2D eigenvalue weighted by molar-refractivity contribution is -0.180. The number of amides is 3. The van der Waals surface area contributed by atoms with Crippen LogP contribution in [0, 0.1) is 5.92 Å². The highest BCUT2D eigenvalue weighted by Crippen LogP contribution is 2.35. The predicted octanol–water partition coefficient (Wildman–Crippen LogP) is -0.378. The van der Waals surface area contributed by atoms with E-state index in [0.717, 1.165) is 0 Å². The normalized spacial score (nSPS) is 24.9. The molecule has 9 nitrogen and oxygen atoms in total. The number of nitrogens with two attached hydrogens (primary N) is 1. The number of aliphatic hydroxyl groups is 1. The molecule has 0 saturated carbocycles. The molecule has 9 heteroatoms. The largest absolute Gasteiger partial charge is 0.444 e. The Morgan fingerprint density at radius 1 is 1.26 bits per heavy atom. The molecule has 3 amide bonds. The molecular formula is C18H32N4O5. The van der Waals surface area contributed by atoms with Gasteiger partial charge in [-0.3, -0.25) is 14.5 Å². The first-order valence-corrected chi connectivity index (χ1v) is 9.35. The molecule has 0 radical (unpaired) electrons. The van der Waals surface area contributed by atoms with E-state index in [1.807, 2.05) is 0 Å². The molecular weight excluding hydrogens is 352 g/mol. The SMILES string of the molecule is CC(C)CN1CCN(C(=O)OC(C)(C)C)CC12CN([C@@H](CO)C(N)=O)C2=O. The first-order valence-electron chi connectivity index (χ1n) is 9.35. The monoisotopic (exact) mass is 384 g/mol. The van der Waals surface area contributed by atoms with Crippen LogP contribution in [-0.4, -0.2) is 94.2 Å². The second-order valence-corrected chi connectivity index (χ2v) is 8.81. The highest BCUT2D eigenvalue weighted by molar-refractivity contribution is 5.97. The van der Waals surface area contributed by atoms with Gasteiger partial charge in [0, 0.05) is 19.6 Å². The average Bonchev–Trinajstić information content (AvgIpc) is 2.53. The lowest BCUT2D eigenvalue weighted by atomic mass is 9.82. The standard InChI is InChI=1S/C18H32N4O5/c1-12(2)8-21-7-6-20(16(26)27-17(3,4)5)10-18(21)11-22(15(18)25)13(9-23)14(19)24/h12-13,23H,6-11H2,1-5H3,(H2,19,24)/t13-,18?/m0/s1. The van der Waals surface area contributed by atoms with Crippen molar-refractivity contribution < 1.29 is 24.2 Å². The molecule has 1 unspecified atom stereocenters. The van der Waals surface area contributed by atoms with E-state index >= 15 is 0 Å². The summed E-state index contributed by atoms with van der Waals surface area (Å²) in [5.74, 6) is -0.688. The van der Waals surface area contributed by atoms with Crippen molar-refractivity contribution in [3.8, 4) is 0 Å². The fraction of sp³-hybridized carbons (Fsp3) is 0.833. The van der Waals surface area contributed by atoms with Gasteiger partial charge in [0.2, 0.25) is 11.8 Å². The summed E-state index contributed by atoms with van der Waals surface area (Å²) in [4.78, 5) is 42.0. The number of aliphatic hydroxyl groups excluding tert-OH is 1. The summed E-state index contributed by atoms with van der Waals surface area (Å²) in [6.45, 7) is 11.1. The van der Waals surface area contributed by atoms with E-state index < -0.39 is 35.8 Å². The number of carbonyl (C=O) groups is 3. The molecule has 1 spiro atoms. The number of hydrogen-bond acceptors (Lipinski definition) is 6. The number of β-lactam (4-membered cyclic amide) rings is 1. The molecule has 2 aliphatic rings. The van der Waals surface area contributed by atoms with Gasteiger partial charge in [0.05, 0.1) is 19.7 Å². The van der Waals surface area contributed by atoms with E-state index in [4.69, 9.17) is 10.5 Å². The fourth-order valence-corrected chi connectivity index (χ4v) is 3.68. The summed E-state index contributed by atoms with van der Waals surface area (Å²) in [6.07, 6.45) is -0.453. The Bertz CT molecular complexity index is 603. The molecule has 2 fully saturated rings. The first-order chi connectivity index (χ1) is 12.4. The fourth-order valence-electron chi connectivity index (χ4n) is 3.68. The molecule has 0 aliphatic carbocycles. The van der Waals surface area contributed by atoms with Crippen LogP contribution < -0.4 is 5.73 Å². The first kappa shape index (κ1) is 21.4. The highest BCUT2D eigenvalue weighted by atomic mass is 16.6. The number of likely N-dealkylation sites (tertiary alicyclic amines) is 1. The maximum atomic E-state index is 13.1. The van der Waals surface area contributed by atoms with Crippen LogP contribution in [0.3, 0.4) is 0 Å². The molecule has 2 atom stereocenters. The molecule has 2 aliphatic heterocycles. The number of piperazine rings is 1. The zero-order valence-electron chi connectivity index (χ0n) is 16.9. The van der Waals surface area contributed by atoms with E-state index in [-0.39, 0.29) is 19.0 Å². The third-order valence-electron chi connectivity index (χ3n) is 4.90. The zero-order valence-corrected chi connectivity index (χ0v) is 16.9. The maximum absolute atomic E-state index is 13.1. The van der Waals surface area contributed by atoms with E-state index in [9.17, 15) is 19.5 Å². The van der Waals surface area contributed by atoms with E-state index in [1.165, 1.54) is 4.90 Å². The number of carbonyl (C=O) groups excluding carboxylic acids is 3. The van der Waals surface area contributed by atoms with E-state index in [2.05, 4.69) is 18.7 Å². The van der Waals surface area contributed by atoms with Crippen LogP contribution >= 0.6 is 0 Å². The topological polar surface area (TPSA) is 116 Å². The molecule has 154 valence electrons. The second-order valence-electron chi connectivity index (χ2n) is 8.81. The van der Waals surface area contributed by atoms with Crippen molar-refractivity contribution in [2.75, 3.05) is 39.3 Å². The van der Waals surface area contributed by atoms with Gasteiger partial charge in [0.1, 0.15) is 17.2 Å². The van der Waals surface area contributed by atoms with Crippen molar-refractivity contribution in [3.63, 3.8) is 0 Å². The van der Waals surface area contributed by atoms with Crippen molar-refractivity contribution in [3.05, 3.63) is 0 Å². The Morgan fingerprint density at radius 2 is 1.89 bits per heavy atom. The van der Waals surface area contributed by atoms with Crippen LogP contribution in [-0.2, 0) is 14.3 Å². The molecule has 0 aromatic carbocycles. The van der Waals surface area contributed by atoms with Crippen molar-refractivity contribution in [2.45, 2.75) is 51.8 Å². The van der Waals surface area contributed by atoms with Crippen LogP contribution in [0.2, 0.25) is 0 Å². The summed E-state index contributed by atoms with van der Waals surface area (Å²) >= 11 is 0. The summed E-state index contributed by atoms with van der Waals surface area (Å²) in [5, 5.41) is 9.42. The number of nitrogens with zero attached hydrogens (tertiary/aromatic N) is 3.